The number of amides is 1. The zero-order valence-corrected chi connectivity index (χ0v) is 13.7. The van der Waals surface area contributed by atoms with Crippen LogP contribution < -0.4 is 10.1 Å². The van der Waals surface area contributed by atoms with Crippen molar-refractivity contribution in [3.8, 4) is 21.9 Å². The van der Waals surface area contributed by atoms with Gasteiger partial charge in [-0.2, -0.15) is 0 Å². The number of methoxy groups -OCH3 is 1. The van der Waals surface area contributed by atoms with E-state index in [9.17, 15) is 18.7 Å². The van der Waals surface area contributed by atoms with Gasteiger partial charge in [-0.1, -0.05) is 23.5 Å². The molecule has 0 aliphatic rings. The fraction of sp³-hybridized carbons (Fsp3) is 0.0588. The van der Waals surface area contributed by atoms with Gasteiger partial charge in [0.15, 0.2) is 22.4 Å². The third-order valence-corrected chi connectivity index (χ3v) is 4.33. The van der Waals surface area contributed by atoms with Crippen molar-refractivity contribution >= 4 is 22.4 Å². The number of hydrogen-bond acceptors (Lipinski definition) is 5. The van der Waals surface area contributed by atoms with Crippen LogP contribution >= 0.6 is 11.3 Å². The minimum atomic E-state index is -0.962. The molecular formula is C17H12F2N2O3S. The van der Waals surface area contributed by atoms with Gasteiger partial charge in [0.25, 0.3) is 5.91 Å². The lowest BCUT2D eigenvalue weighted by molar-refractivity contribution is 0.102. The number of thiazole rings is 1. The molecule has 0 fully saturated rings. The first-order chi connectivity index (χ1) is 12.0. The molecule has 0 bridgehead atoms. The predicted molar refractivity (Wildman–Crippen MR) is 90.1 cm³/mol. The molecule has 1 aromatic heterocycles. The summed E-state index contributed by atoms with van der Waals surface area (Å²) in [6, 6.07) is 8.00. The van der Waals surface area contributed by atoms with Crippen molar-refractivity contribution in [2.24, 2.45) is 0 Å². The Balaban J connectivity index is 1.80. The van der Waals surface area contributed by atoms with Crippen LogP contribution in [0.5, 0.6) is 11.5 Å². The Morgan fingerprint density at radius 1 is 1.24 bits per heavy atom. The van der Waals surface area contributed by atoms with Gasteiger partial charge in [0.1, 0.15) is 5.82 Å². The van der Waals surface area contributed by atoms with Crippen LogP contribution in [-0.2, 0) is 0 Å². The zero-order chi connectivity index (χ0) is 18.0. The lowest BCUT2D eigenvalue weighted by Gasteiger charge is -2.07. The third kappa shape index (κ3) is 3.58. The maximum atomic E-state index is 13.6. The van der Waals surface area contributed by atoms with Gasteiger partial charge >= 0.3 is 0 Å². The first kappa shape index (κ1) is 16.8. The summed E-state index contributed by atoms with van der Waals surface area (Å²) in [5.41, 5.74) is 0.738. The van der Waals surface area contributed by atoms with Gasteiger partial charge in [0.05, 0.1) is 12.0 Å². The van der Waals surface area contributed by atoms with Crippen molar-refractivity contribution in [1.29, 1.82) is 0 Å². The molecule has 0 saturated heterocycles. The standard InChI is InChI=1S/C17H12F2N2O3S/c1-24-13-7-10(6-12(19)15(13)22)16(23)21-17-20-8-14(25-17)9-2-4-11(18)5-3-9/h2-8,22H,1H3,(H,20,21,23). The number of nitrogens with zero attached hydrogens (tertiary/aromatic N) is 1. The summed E-state index contributed by atoms with van der Waals surface area (Å²) in [6.07, 6.45) is 1.55. The number of phenols is 1. The summed E-state index contributed by atoms with van der Waals surface area (Å²) in [5.74, 6) is -2.71. The summed E-state index contributed by atoms with van der Waals surface area (Å²) in [6.45, 7) is 0. The molecule has 1 amide bonds. The first-order valence-electron chi connectivity index (χ1n) is 7.07. The van der Waals surface area contributed by atoms with Gasteiger partial charge in [-0.15, -0.1) is 0 Å². The molecule has 3 rings (SSSR count). The van der Waals surface area contributed by atoms with Crippen molar-refractivity contribution in [3.63, 3.8) is 0 Å². The second-order valence-corrected chi connectivity index (χ2v) is 6.03. The SMILES string of the molecule is COc1cc(C(=O)Nc2ncc(-c3ccc(F)cc3)s2)cc(F)c1O. The van der Waals surface area contributed by atoms with Crippen molar-refractivity contribution in [3.05, 3.63) is 59.8 Å². The Bertz CT molecular complexity index is 926. The molecule has 5 nitrogen and oxygen atoms in total. The highest BCUT2D eigenvalue weighted by atomic mass is 32.1. The number of carbonyl (C=O) groups excluding carboxylic acids is 1. The van der Waals surface area contributed by atoms with Gasteiger partial charge in [0, 0.05) is 11.8 Å². The van der Waals surface area contributed by atoms with E-state index in [2.05, 4.69) is 10.3 Å². The van der Waals surface area contributed by atoms with E-state index in [0.717, 1.165) is 16.5 Å². The number of hydrogen-bond donors (Lipinski definition) is 2. The molecule has 25 heavy (non-hydrogen) atoms. The number of ether oxygens (including phenoxy) is 1. The average Bonchev–Trinajstić information content (AvgIpc) is 3.06. The van der Waals surface area contributed by atoms with Gasteiger partial charge < -0.3 is 9.84 Å². The minimum Gasteiger partial charge on any atom is -0.502 e. The maximum Gasteiger partial charge on any atom is 0.257 e. The Labute approximate surface area is 145 Å². The van der Waals surface area contributed by atoms with Crippen LogP contribution in [0.1, 0.15) is 10.4 Å². The molecule has 1 heterocycles. The van der Waals surface area contributed by atoms with Crippen LogP contribution in [-0.4, -0.2) is 23.1 Å². The lowest BCUT2D eigenvalue weighted by Crippen LogP contribution is -2.12. The Morgan fingerprint density at radius 3 is 2.64 bits per heavy atom. The van der Waals surface area contributed by atoms with Gasteiger partial charge in [-0.3, -0.25) is 10.1 Å². The van der Waals surface area contributed by atoms with Crippen molar-refractivity contribution < 1.29 is 23.4 Å². The number of rotatable bonds is 4. The first-order valence-corrected chi connectivity index (χ1v) is 7.89. The van der Waals surface area contributed by atoms with Crippen LogP contribution in [0.2, 0.25) is 0 Å². The van der Waals surface area contributed by atoms with Crippen LogP contribution in [0.3, 0.4) is 0 Å². The molecule has 8 heteroatoms. The van der Waals surface area contributed by atoms with E-state index in [1.165, 1.54) is 36.6 Å². The van der Waals surface area contributed by atoms with E-state index in [-0.39, 0.29) is 17.1 Å². The molecule has 128 valence electrons. The summed E-state index contributed by atoms with van der Waals surface area (Å²) in [5, 5.41) is 12.3. The van der Waals surface area contributed by atoms with E-state index in [4.69, 9.17) is 4.74 Å². The fourth-order valence-electron chi connectivity index (χ4n) is 2.11. The Hall–Kier alpha value is -3.00. The van der Waals surface area contributed by atoms with E-state index >= 15 is 0 Å². The zero-order valence-electron chi connectivity index (χ0n) is 12.9. The highest BCUT2D eigenvalue weighted by molar-refractivity contribution is 7.19. The van der Waals surface area contributed by atoms with E-state index in [1.807, 2.05) is 0 Å². The van der Waals surface area contributed by atoms with Crippen molar-refractivity contribution in [2.75, 3.05) is 12.4 Å². The monoisotopic (exact) mass is 362 g/mol. The molecule has 0 saturated carbocycles. The molecule has 0 radical (unpaired) electrons. The molecule has 3 aromatic rings. The summed E-state index contributed by atoms with van der Waals surface area (Å²) in [7, 11) is 1.26. The quantitative estimate of drug-likeness (QED) is 0.734. The Kier molecular flexibility index (Phi) is 4.62. The van der Waals surface area contributed by atoms with E-state index in [0.29, 0.717) is 5.13 Å². The van der Waals surface area contributed by atoms with Crippen LogP contribution in [0.25, 0.3) is 10.4 Å². The smallest absolute Gasteiger partial charge is 0.257 e. The average molecular weight is 362 g/mol. The summed E-state index contributed by atoms with van der Waals surface area (Å²) >= 11 is 1.19. The summed E-state index contributed by atoms with van der Waals surface area (Å²) in [4.78, 5) is 17.1. The minimum absolute atomic E-state index is 0.0225. The molecule has 0 unspecified atom stereocenters. The van der Waals surface area contributed by atoms with Gasteiger partial charge in [-0.05, 0) is 29.8 Å². The molecule has 0 atom stereocenters. The fourth-order valence-corrected chi connectivity index (χ4v) is 2.93. The highest BCUT2D eigenvalue weighted by Crippen LogP contribution is 2.32. The number of aromatic hydroxyl groups is 1. The Morgan fingerprint density at radius 2 is 1.96 bits per heavy atom. The van der Waals surface area contributed by atoms with Crippen molar-refractivity contribution in [1.82, 2.24) is 4.98 Å². The molecule has 2 aromatic carbocycles. The van der Waals surface area contributed by atoms with Crippen LogP contribution in [0.4, 0.5) is 13.9 Å². The second-order valence-electron chi connectivity index (χ2n) is 5.00. The second kappa shape index (κ2) is 6.86. The van der Waals surface area contributed by atoms with Crippen LogP contribution in [0.15, 0.2) is 42.6 Å². The van der Waals surface area contributed by atoms with Crippen molar-refractivity contribution in [2.45, 2.75) is 0 Å². The normalized spacial score (nSPS) is 10.5. The number of carbonyl (C=O) groups is 1. The number of aromatic nitrogens is 1. The topological polar surface area (TPSA) is 71.5 Å². The highest BCUT2D eigenvalue weighted by Gasteiger charge is 2.16. The molecule has 0 aliphatic heterocycles. The van der Waals surface area contributed by atoms with Gasteiger partial charge in [0.2, 0.25) is 0 Å². The molecular weight excluding hydrogens is 350 g/mol. The van der Waals surface area contributed by atoms with E-state index < -0.39 is 17.5 Å². The molecule has 0 spiro atoms. The number of phenolic OH excluding ortho intramolecular Hbond substituents is 1. The van der Waals surface area contributed by atoms with Gasteiger partial charge in [-0.25, -0.2) is 13.8 Å². The molecule has 2 N–H and O–H groups in total. The predicted octanol–water partition coefficient (Wildman–Crippen LogP) is 4.05. The third-order valence-electron chi connectivity index (χ3n) is 3.37. The number of halogens is 2. The maximum absolute atomic E-state index is 13.6. The number of benzene rings is 2. The number of anilines is 1. The number of nitrogens with one attached hydrogen (secondary N) is 1. The summed E-state index contributed by atoms with van der Waals surface area (Å²) < 4.78 is 31.4. The lowest BCUT2D eigenvalue weighted by atomic mass is 10.2. The largest absolute Gasteiger partial charge is 0.502 e. The van der Waals surface area contributed by atoms with Crippen LogP contribution in [0, 0.1) is 11.6 Å². The van der Waals surface area contributed by atoms with E-state index in [1.54, 1.807) is 18.3 Å². The molecule has 0 aliphatic carbocycles.